The first kappa shape index (κ1) is 15.6. The highest BCUT2D eigenvalue weighted by molar-refractivity contribution is 9.10. The van der Waals surface area contributed by atoms with Crippen molar-refractivity contribution in [2.45, 2.75) is 6.92 Å². The summed E-state index contributed by atoms with van der Waals surface area (Å²) >= 11 is 9.59. The van der Waals surface area contributed by atoms with Gasteiger partial charge in [-0.15, -0.1) is 10.2 Å². The molecule has 1 amide bonds. The van der Waals surface area contributed by atoms with Crippen LogP contribution in [0.5, 0.6) is 0 Å². The Hall–Kier alpha value is -2.25. The summed E-state index contributed by atoms with van der Waals surface area (Å²) in [7, 11) is 0. The molecule has 0 aliphatic heterocycles. The van der Waals surface area contributed by atoms with Gasteiger partial charge >= 0.3 is 0 Å². The molecule has 2 aromatic heterocycles. The molecule has 0 saturated carbocycles. The topological polar surface area (TPSA) is 72.7 Å². The van der Waals surface area contributed by atoms with Gasteiger partial charge in [0, 0.05) is 10.2 Å². The van der Waals surface area contributed by atoms with E-state index in [-0.39, 0.29) is 5.91 Å². The molecule has 1 N–H and O–H groups in total. The van der Waals surface area contributed by atoms with Gasteiger partial charge in [-0.25, -0.2) is 4.98 Å². The summed E-state index contributed by atoms with van der Waals surface area (Å²) in [4.78, 5) is 16.6. The molecular formula is C15H11BrClN5O. The maximum Gasteiger partial charge on any atom is 0.258 e. The van der Waals surface area contributed by atoms with Crippen molar-refractivity contribution in [3.8, 4) is 5.69 Å². The van der Waals surface area contributed by atoms with Gasteiger partial charge in [-0.2, -0.15) is 0 Å². The number of pyridine rings is 1. The van der Waals surface area contributed by atoms with Crippen molar-refractivity contribution < 1.29 is 4.79 Å². The van der Waals surface area contributed by atoms with Crippen LogP contribution < -0.4 is 5.32 Å². The van der Waals surface area contributed by atoms with Crippen molar-refractivity contribution in [1.82, 2.24) is 19.7 Å². The molecule has 2 heterocycles. The average molecular weight is 393 g/mol. The highest BCUT2D eigenvalue weighted by Crippen LogP contribution is 2.22. The van der Waals surface area contributed by atoms with E-state index >= 15 is 0 Å². The number of carbonyl (C=O) groups excluding carboxylic acids is 1. The number of anilines is 1. The van der Waals surface area contributed by atoms with Crippen LogP contribution in [0.15, 0.2) is 47.5 Å². The summed E-state index contributed by atoms with van der Waals surface area (Å²) in [5.74, 6) is 0.147. The molecule has 116 valence electrons. The molecule has 0 spiro atoms. The van der Waals surface area contributed by atoms with Crippen LogP contribution in [-0.4, -0.2) is 25.7 Å². The normalized spacial score (nSPS) is 10.6. The predicted molar refractivity (Wildman–Crippen MR) is 91.0 cm³/mol. The lowest BCUT2D eigenvalue weighted by Gasteiger charge is -2.09. The summed E-state index contributed by atoms with van der Waals surface area (Å²) in [5, 5.41) is 10.5. The number of aromatic nitrogens is 4. The Morgan fingerprint density at radius 2 is 1.96 bits per heavy atom. The van der Waals surface area contributed by atoms with Gasteiger partial charge in [-0.3, -0.25) is 9.36 Å². The minimum atomic E-state index is -0.320. The highest BCUT2D eigenvalue weighted by Gasteiger charge is 2.13. The molecule has 0 radical (unpaired) electrons. The van der Waals surface area contributed by atoms with E-state index in [0.29, 0.717) is 16.4 Å². The third kappa shape index (κ3) is 3.40. The molecule has 0 unspecified atom stereocenters. The molecule has 8 heteroatoms. The van der Waals surface area contributed by atoms with Crippen molar-refractivity contribution in [2.24, 2.45) is 0 Å². The fourth-order valence-corrected chi connectivity index (χ4v) is 2.46. The summed E-state index contributed by atoms with van der Waals surface area (Å²) in [6.45, 7) is 1.85. The number of halogens is 2. The van der Waals surface area contributed by atoms with Crippen LogP contribution in [0.1, 0.15) is 16.1 Å². The van der Waals surface area contributed by atoms with Crippen molar-refractivity contribution in [1.29, 1.82) is 0 Å². The van der Waals surface area contributed by atoms with Crippen molar-refractivity contribution in [3.05, 3.63) is 63.7 Å². The van der Waals surface area contributed by atoms with Crippen molar-refractivity contribution in [2.75, 3.05) is 5.32 Å². The largest absolute Gasteiger partial charge is 0.307 e. The second kappa shape index (κ2) is 6.47. The first-order valence-corrected chi connectivity index (χ1v) is 7.81. The molecule has 0 aliphatic carbocycles. The molecule has 1 aromatic carbocycles. The van der Waals surface area contributed by atoms with E-state index in [2.05, 4.69) is 36.4 Å². The predicted octanol–water partition coefficient (Wildman–Crippen LogP) is 3.64. The van der Waals surface area contributed by atoms with Crippen LogP contribution in [-0.2, 0) is 0 Å². The van der Waals surface area contributed by atoms with Gasteiger partial charge in [0.2, 0.25) is 0 Å². The van der Waals surface area contributed by atoms with E-state index in [4.69, 9.17) is 11.6 Å². The number of nitrogens with one attached hydrogen (secondary N) is 1. The molecular weight excluding hydrogens is 382 g/mol. The summed E-state index contributed by atoms with van der Waals surface area (Å²) in [6, 6.07) is 8.65. The van der Waals surface area contributed by atoms with Crippen LogP contribution in [0.4, 0.5) is 5.82 Å². The van der Waals surface area contributed by atoms with Crippen LogP contribution in [0.2, 0.25) is 5.02 Å². The zero-order chi connectivity index (χ0) is 16.4. The van der Waals surface area contributed by atoms with Gasteiger partial charge in [0.25, 0.3) is 5.91 Å². The second-order valence-electron chi connectivity index (χ2n) is 4.75. The Kier molecular flexibility index (Phi) is 4.40. The Morgan fingerprint density at radius 1 is 1.22 bits per heavy atom. The fourth-order valence-electron chi connectivity index (χ4n) is 1.98. The third-order valence-corrected chi connectivity index (χ3v) is 4.33. The Balaban J connectivity index is 1.83. The van der Waals surface area contributed by atoms with Crippen LogP contribution in [0, 0.1) is 6.92 Å². The summed E-state index contributed by atoms with van der Waals surface area (Å²) in [6.07, 6.45) is 3.11. The zero-order valence-corrected chi connectivity index (χ0v) is 14.3. The molecule has 0 atom stereocenters. The zero-order valence-electron chi connectivity index (χ0n) is 12.0. The smallest absolute Gasteiger partial charge is 0.258 e. The average Bonchev–Trinajstić information content (AvgIpc) is 3.05. The molecule has 0 aliphatic rings. The number of aryl methyl sites for hydroxylation is 1. The third-order valence-electron chi connectivity index (χ3n) is 3.18. The van der Waals surface area contributed by atoms with E-state index in [9.17, 15) is 4.79 Å². The quantitative estimate of drug-likeness (QED) is 0.738. The lowest BCUT2D eigenvalue weighted by molar-refractivity contribution is 0.102. The molecule has 3 aromatic rings. The highest BCUT2D eigenvalue weighted by atomic mass is 79.9. The summed E-state index contributed by atoms with van der Waals surface area (Å²) in [5.41, 5.74) is 1.93. The molecule has 0 fully saturated rings. The Labute approximate surface area is 145 Å². The van der Waals surface area contributed by atoms with E-state index in [1.165, 1.54) is 0 Å². The standard InChI is InChI=1S/C15H11BrClN5O/c1-9-12(16)4-5-14(20-9)21-15(23)11-3-2-10(6-13(11)17)22-7-18-19-8-22/h2-8H,1H3,(H,20,21,23). The van der Waals surface area contributed by atoms with Crippen LogP contribution >= 0.6 is 27.5 Å². The van der Waals surface area contributed by atoms with Crippen molar-refractivity contribution in [3.63, 3.8) is 0 Å². The summed E-state index contributed by atoms with van der Waals surface area (Å²) < 4.78 is 2.58. The van der Waals surface area contributed by atoms with Crippen LogP contribution in [0.25, 0.3) is 5.69 Å². The number of rotatable bonds is 3. The van der Waals surface area contributed by atoms with Gasteiger partial charge in [-0.1, -0.05) is 11.6 Å². The van der Waals surface area contributed by atoms with Crippen LogP contribution in [0.3, 0.4) is 0 Å². The maximum absolute atomic E-state index is 12.4. The second-order valence-corrected chi connectivity index (χ2v) is 6.01. The first-order valence-electron chi connectivity index (χ1n) is 6.63. The lowest BCUT2D eigenvalue weighted by Crippen LogP contribution is -2.14. The van der Waals surface area contributed by atoms with Gasteiger partial charge in [0.15, 0.2) is 0 Å². The molecule has 0 saturated heterocycles. The number of carbonyl (C=O) groups is 1. The van der Waals surface area contributed by atoms with E-state index in [1.807, 2.05) is 13.0 Å². The lowest BCUT2D eigenvalue weighted by atomic mass is 10.2. The van der Waals surface area contributed by atoms with E-state index in [1.54, 1.807) is 41.5 Å². The van der Waals surface area contributed by atoms with Crippen molar-refractivity contribution >= 4 is 39.3 Å². The number of hydrogen-bond donors (Lipinski definition) is 1. The molecule has 0 bridgehead atoms. The fraction of sp³-hybridized carbons (Fsp3) is 0.0667. The molecule has 23 heavy (non-hydrogen) atoms. The number of nitrogens with zero attached hydrogens (tertiary/aromatic N) is 4. The molecule has 6 nitrogen and oxygen atoms in total. The first-order chi connectivity index (χ1) is 11.0. The SMILES string of the molecule is Cc1nc(NC(=O)c2ccc(-n3cnnc3)cc2Cl)ccc1Br. The minimum absolute atomic E-state index is 0.320. The van der Waals surface area contributed by atoms with Gasteiger partial charge in [0.1, 0.15) is 18.5 Å². The number of hydrogen-bond acceptors (Lipinski definition) is 4. The minimum Gasteiger partial charge on any atom is -0.307 e. The van der Waals surface area contributed by atoms with E-state index < -0.39 is 0 Å². The van der Waals surface area contributed by atoms with E-state index in [0.717, 1.165) is 15.9 Å². The van der Waals surface area contributed by atoms with Gasteiger partial charge in [0.05, 0.1) is 16.3 Å². The van der Waals surface area contributed by atoms with Gasteiger partial charge in [-0.05, 0) is 53.2 Å². The molecule has 3 rings (SSSR count). The Bertz CT molecular complexity index is 866. The number of benzene rings is 1. The monoisotopic (exact) mass is 391 g/mol. The Morgan fingerprint density at radius 3 is 2.61 bits per heavy atom. The number of amides is 1. The van der Waals surface area contributed by atoms with Gasteiger partial charge < -0.3 is 5.32 Å². The maximum atomic E-state index is 12.4.